The number of hydrogen-bond donors (Lipinski definition) is 1. The lowest BCUT2D eigenvalue weighted by atomic mass is 9.87. The summed E-state index contributed by atoms with van der Waals surface area (Å²) in [5.74, 6) is 0. The Balaban J connectivity index is 1.93. The summed E-state index contributed by atoms with van der Waals surface area (Å²) < 4.78 is 0. The Morgan fingerprint density at radius 3 is 2.28 bits per heavy atom. The van der Waals surface area contributed by atoms with Gasteiger partial charge in [-0.3, -0.25) is 0 Å². The second-order valence-corrected chi connectivity index (χ2v) is 6.52. The Labute approximate surface area is 110 Å². The van der Waals surface area contributed by atoms with E-state index in [1.807, 2.05) is 0 Å². The quantitative estimate of drug-likeness (QED) is 0.863. The van der Waals surface area contributed by atoms with Gasteiger partial charge in [0, 0.05) is 24.1 Å². The molecular formula is C16H22N2. The molecule has 2 heteroatoms. The Hall–Kier alpha value is -1.49. The predicted octanol–water partition coefficient (Wildman–Crippen LogP) is 4.09. The van der Waals surface area contributed by atoms with Gasteiger partial charge >= 0.3 is 0 Å². The van der Waals surface area contributed by atoms with E-state index in [0.717, 1.165) is 12.2 Å². The number of anilines is 1. The summed E-state index contributed by atoms with van der Waals surface area (Å²) in [7, 11) is 0. The second-order valence-electron chi connectivity index (χ2n) is 6.52. The van der Waals surface area contributed by atoms with Crippen LogP contribution in [0.5, 0.6) is 0 Å². The van der Waals surface area contributed by atoms with E-state index in [0.29, 0.717) is 6.42 Å². The fourth-order valence-corrected chi connectivity index (χ4v) is 2.14. The van der Waals surface area contributed by atoms with Gasteiger partial charge in [0.25, 0.3) is 0 Å². The highest BCUT2D eigenvalue weighted by molar-refractivity contribution is 5.46. The van der Waals surface area contributed by atoms with Crippen molar-refractivity contribution >= 4 is 5.69 Å². The summed E-state index contributed by atoms with van der Waals surface area (Å²) in [5, 5.41) is 12.2. The molecular weight excluding hydrogens is 220 g/mol. The van der Waals surface area contributed by atoms with Crippen LogP contribution in [0.3, 0.4) is 0 Å². The lowest BCUT2D eigenvalue weighted by molar-refractivity contribution is 0.557. The van der Waals surface area contributed by atoms with Crippen molar-refractivity contribution in [3.8, 4) is 6.07 Å². The first-order valence-electron chi connectivity index (χ1n) is 6.67. The minimum Gasteiger partial charge on any atom is -0.384 e. The van der Waals surface area contributed by atoms with Crippen molar-refractivity contribution in [1.29, 1.82) is 5.26 Å². The number of hydrogen-bond acceptors (Lipinski definition) is 2. The van der Waals surface area contributed by atoms with Gasteiger partial charge in [-0.1, -0.05) is 32.9 Å². The normalized spacial score (nSPS) is 17.0. The number of nitrogens with one attached hydrogen (secondary N) is 1. The molecule has 1 N–H and O–H groups in total. The SMILES string of the molecule is CC(C)(C)c1ccc(NCC2(CC#N)CC2)cc1. The molecule has 0 aliphatic heterocycles. The molecule has 0 atom stereocenters. The maximum Gasteiger partial charge on any atom is 0.0628 e. The third kappa shape index (κ3) is 3.04. The molecule has 0 aromatic heterocycles. The second kappa shape index (κ2) is 4.65. The first-order valence-corrected chi connectivity index (χ1v) is 6.67. The van der Waals surface area contributed by atoms with Crippen molar-refractivity contribution in [3.63, 3.8) is 0 Å². The summed E-state index contributed by atoms with van der Waals surface area (Å²) in [6, 6.07) is 11.0. The van der Waals surface area contributed by atoms with Gasteiger partial charge in [-0.05, 0) is 36.0 Å². The number of benzene rings is 1. The van der Waals surface area contributed by atoms with E-state index in [2.05, 4.69) is 56.4 Å². The molecule has 2 rings (SSSR count). The van der Waals surface area contributed by atoms with Crippen LogP contribution in [-0.4, -0.2) is 6.54 Å². The molecule has 96 valence electrons. The molecule has 1 saturated carbocycles. The van der Waals surface area contributed by atoms with Crippen LogP contribution < -0.4 is 5.32 Å². The fourth-order valence-electron chi connectivity index (χ4n) is 2.14. The molecule has 0 unspecified atom stereocenters. The molecule has 2 nitrogen and oxygen atoms in total. The number of nitriles is 1. The van der Waals surface area contributed by atoms with Gasteiger partial charge in [-0.25, -0.2) is 0 Å². The van der Waals surface area contributed by atoms with E-state index >= 15 is 0 Å². The summed E-state index contributed by atoms with van der Waals surface area (Å²) in [6.07, 6.45) is 3.06. The van der Waals surface area contributed by atoms with Crippen LogP contribution in [0.1, 0.15) is 45.6 Å². The van der Waals surface area contributed by atoms with Crippen LogP contribution in [0.2, 0.25) is 0 Å². The first-order chi connectivity index (χ1) is 8.45. The smallest absolute Gasteiger partial charge is 0.0628 e. The van der Waals surface area contributed by atoms with Gasteiger partial charge in [0.1, 0.15) is 0 Å². The largest absolute Gasteiger partial charge is 0.384 e. The summed E-state index contributed by atoms with van der Waals surface area (Å²) >= 11 is 0. The zero-order chi connectivity index (χ0) is 13.2. The summed E-state index contributed by atoms with van der Waals surface area (Å²) in [4.78, 5) is 0. The lowest BCUT2D eigenvalue weighted by Gasteiger charge is -2.20. The van der Waals surface area contributed by atoms with Crippen LogP contribution in [0.25, 0.3) is 0 Å². The highest BCUT2D eigenvalue weighted by Crippen LogP contribution is 2.48. The highest BCUT2D eigenvalue weighted by Gasteiger charge is 2.42. The van der Waals surface area contributed by atoms with Crippen LogP contribution >= 0.6 is 0 Å². The van der Waals surface area contributed by atoms with Crippen molar-refractivity contribution in [2.45, 2.75) is 45.4 Å². The Bertz CT molecular complexity index is 441. The molecule has 1 aliphatic rings. The van der Waals surface area contributed by atoms with Gasteiger partial charge in [0.2, 0.25) is 0 Å². The van der Waals surface area contributed by atoms with E-state index in [-0.39, 0.29) is 10.8 Å². The standard InChI is InChI=1S/C16H22N2/c1-15(2,3)13-4-6-14(7-5-13)18-12-16(8-9-16)10-11-17/h4-7,18H,8-10,12H2,1-3H3. The van der Waals surface area contributed by atoms with E-state index in [1.54, 1.807) is 0 Å². The zero-order valence-corrected chi connectivity index (χ0v) is 11.6. The molecule has 1 aliphatic carbocycles. The minimum atomic E-state index is 0.205. The monoisotopic (exact) mass is 242 g/mol. The highest BCUT2D eigenvalue weighted by atomic mass is 14.9. The average Bonchev–Trinajstić information content (AvgIpc) is 3.07. The van der Waals surface area contributed by atoms with Gasteiger partial charge < -0.3 is 5.32 Å². The third-order valence-corrected chi connectivity index (χ3v) is 3.83. The van der Waals surface area contributed by atoms with Crippen LogP contribution in [0.15, 0.2) is 24.3 Å². The molecule has 1 fully saturated rings. The minimum absolute atomic E-state index is 0.205. The number of rotatable bonds is 4. The molecule has 0 bridgehead atoms. The number of nitrogens with zero attached hydrogens (tertiary/aromatic N) is 1. The third-order valence-electron chi connectivity index (χ3n) is 3.83. The molecule has 0 amide bonds. The van der Waals surface area contributed by atoms with Gasteiger partial charge in [-0.15, -0.1) is 0 Å². The maximum atomic E-state index is 8.79. The van der Waals surface area contributed by atoms with E-state index in [4.69, 9.17) is 5.26 Å². The molecule has 1 aromatic rings. The molecule has 0 saturated heterocycles. The van der Waals surface area contributed by atoms with Crippen molar-refractivity contribution in [2.24, 2.45) is 5.41 Å². The first kappa shape index (κ1) is 13.0. The van der Waals surface area contributed by atoms with Crippen molar-refractivity contribution in [3.05, 3.63) is 29.8 Å². The summed E-state index contributed by atoms with van der Waals surface area (Å²) in [5.41, 5.74) is 2.98. The maximum absolute atomic E-state index is 8.79. The molecule has 0 heterocycles. The van der Waals surface area contributed by atoms with Crippen molar-refractivity contribution in [2.75, 3.05) is 11.9 Å². The van der Waals surface area contributed by atoms with E-state index in [1.165, 1.54) is 18.4 Å². The van der Waals surface area contributed by atoms with Crippen LogP contribution in [0, 0.1) is 16.7 Å². The van der Waals surface area contributed by atoms with E-state index in [9.17, 15) is 0 Å². The average molecular weight is 242 g/mol. The van der Waals surface area contributed by atoms with E-state index < -0.39 is 0 Å². The van der Waals surface area contributed by atoms with Crippen molar-refractivity contribution in [1.82, 2.24) is 0 Å². The molecule has 18 heavy (non-hydrogen) atoms. The van der Waals surface area contributed by atoms with Crippen LogP contribution in [0.4, 0.5) is 5.69 Å². The Kier molecular flexibility index (Phi) is 3.34. The fraction of sp³-hybridized carbons (Fsp3) is 0.562. The van der Waals surface area contributed by atoms with Gasteiger partial charge in [0.05, 0.1) is 6.07 Å². The predicted molar refractivity (Wildman–Crippen MR) is 75.5 cm³/mol. The van der Waals surface area contributed by atoms with Gasteiger partial charge in [-0.2, -0.15) is 5.26 Å². The molecule has 0 radical (unpaired) electrons. The molecule has 0 spiro atoms. The van der Waals surface area contributed by atoms with Crippen LogP contribution in [-0.2, 0) is 5.41 Å². The van der Waals surface area contributed by atoms with Crippen molar-refractivity contribution < 1.29 is 0 Å². The Morgan fingerprint density at radius 1 is 1.22 bits per heavy atom. The van der Waals surface area contributed by atoms with Gasteiger partial charge in [0.15, 0.2) is 0 Å². The summed E-state index contributed by atoms with van der Waals surface area (Å²) in [6.45, 7) is 7.60. The zero-order valence-electron chi connectivity index (χ0n) is 11.6. The lowest BCUT2D eigenvalue weighted by Crippen LogP contribution is -2.15. The Morgan fingerprint density at radius 2 is 1.83 bits per heavy atom. The topological polar surface area (TPSA) is 35.8 Å². The molecule has 1 aromatic carbocycles.